The van der Waals surface area contributed by atoms with Crippen molar-refractivity contribution in [3.05, 3.63) is 63.9 Å². The molecule has 12 heteroatoms. The smallest absolute Gasteiger partial charge is 0.304 e. The molecular weight excluding hydrogens is 506 g/mol. The molecule has 0 saturated heterocycles. The van der Waals surface area contributed by atoms with Crippen LogP contribution in [0.15, 0.2) is 42.5 Å². The summed E-state index contributed by atoms with van der Waals surface area (Å²) in [5.41, 5.74) is 0.504. The van der Waals surface area contributed by atoms with E-state index in [2.05, 4.69) is 5.32 Å². The van der Waals surface area contributed by atoms with Gasteiger partial charge in [0.25, 0.3) is 0 Å². The van der Waals surface area contributed by atoms with Crippen LogP contribution in [0.5, 0.6) is 0 Å². The number of nitrogens with zero attached hydrogens (tertiary/aromatic N) is 3. The maximum Gasteiger partial charge on any atom is 0.304 e. The van der Waals surface area contributed by atoms with Crippen molar-refractivity contribution in [2.24, 2.45) is 0 Å². The van der Waals surface area contributed by atoms with E-state index in [1.807, 2.05) is 0 Å². The third kappa shape index (κ3) is 6.59. The molecule has 0 radical (unpaired) electrons. The van der Waals surface area contributed by atoms with Crippen LogP contribution in [0.1, 0.15) is 19.4 Å². The lowest BCUT2D eigenvalue weighted by Crippen LogP contribution is -2.52. The third-order valence-corrected chi connectivity index (χ3v) is 7.57. The van der Waals surface area contributed by atoms with E-state index in [0.717, 1.165) is 20.7 Å². The minimum atomic E-state index is -4.13. The van der Waals surface area contributed by atoms with Crippen molar-refractivity contribution in [3.63, 3.8) is 0 Å². The van der Waals surface area contributed by atoms with E-state index in [9.17, 15) is 22.4 Å². The van der Waals surface area contributed by atoms with Gasteiger partial charge in [0.2, 0.25) is 11.8 Å². The van der Waals surface area contributed by atoms with Gasteiger partial charge in [-0.2, -0.15) is 12.7 Å². The van der Waals surface area contributed by atoms with E-state index in [1.54, 1.807) is 25.1 Å². The number of likely N-dealkylation sites (N-methyl/N-ethyl adjacent to an activating group) is 1. The first-order valence-electron chi connectivity index (χ1n) is 10.4. The number of rotatable bonds is 10. The number of halogens is 3. The summed E-state index contributed by atoms with van der Waals surface area (Å²) in [5.74, 6) is -1.66. The average molecular weight is 533 g/mol. The van der Waals surface area contributed by atoms with Gasteiger partial charge in [-0.3, -0.25) is 9.59 Å². The van der Waals surface area contributed by atoms with Gasteiger partial charge in [0.15, 0.2) is 0 Å². The number of amides is 2. The van der Waals surface area contributed by atoms with Gasteiger partial charge in [-0.1, -0.05) is 29.3 Å². The van der Waals surface area contributed by atoms with Crippen molar-refractivity contribution in [1.29, 1.82) is 0 Å². The van der Waals surface area contributed by atoms with Gasteiger partial charge in [-0.25, -0.2) is 8.70 Å². The summed E-state index contributed by atoms with van der Waals surface area (Å²) in [6.45, 7) is 2.83. The Morgan fingerprint density at radius 3 is 2.12 bits per heavy atom. The molecule has 2 aromatic carbocycles. The first kappa shape index (κ1) is 27.8. The molecule has 0 aliphatic heterocycles. The van der Waals surface area contributed by atoms with Gasteiger partial charge >= 0.3 is 10.2 Å². The molecule has 2 rings (SSSR count). The van der Waals surface area contributed by atoms with Crippen molar-refractivity contribution >= 4 is 50.9 Å². The number of carbonyl (C=O) groups excluding carboxylic acids is 2. The Labute approximate surface area is 209 Å². The molecule has 0 heterocycles. The Hall–Kier alpha value is -2.40. The molecule has 0 aliphatic carbocycles. The monoisotopic (exact) mass is 532 g/mol. The fourth-order valence-corrected chi connectivity index (χ4v) is 4.66. The summed E-state index contributed by atoms with van der Waals surface area (Å²) < 4.78 is 41.3. The van der Waals surface area contributed by atoms with E-state index in [4.69, 9.17) is 23.2 Å². The summed E-state index contributed by atoms with van der Waals surface area (Å²) in [7, 11) is -1.51. The standard InChI is InChI=1S/C22H27Cl2FN4O4S/c1-5-26-22(31)15(2)28(13-18-19(23)7-6-8-20(18)24)21(30)14-29(34(32,33)27(3)4)17-11-9-16(25)10-12-17/h6-12,15H,5,13-14H2,1-4H3,(H,26,31)/t15-/m1/s1. The number of carbonyl (C=O) groups is 2. The van der Waals surface area contributed by atoms with Gasteiger partial charge in [-0.15, -0.1) is 0 Å². The number of hydrogen-bond donors (Lipinski definition) is 1. The first-order chi connectivity index (χ1) is 15.9. The van der Waals surface area contributed by atoms with Gasteiger partial charge in [-0.05, 0) is 50.2 Å². The largest absolute Gasteiger partial charge is 0.355 e. The van der Waals surface area contributed by atoms with Crippen LogP contribution in [0.4, 0.5) is 10.1 Å². The van der Waals surface area contributed by atoms with Crippen LogP contribution < -0.4 is 9.62 Å². The number of benzene rings is 2. The molecule has 8 nitrogen and oxygen atoms in total. The summed E-state index contributed by atoms with van der Waals surface area (Å²) in [5, 5.41) is 3.25. The SMILES string of the molecule is CCNC(=O)[C@@H](C)N(Cc1c(Cl)cccc1Cl)C(=O)CN(c1ccc(F)cc1)S(=O)(=O)N(C)C. The lowest BCUT2D eigenvalue weighted by atomic mass is 10.1. The van der Waals surface area contributed by atoms with Crippen LogP contribution in [0.25, 0.3) is 0 Å². The van der Waals surface area contributed by atoms with Gasteiger partial charge in [0.05, 0.1) is 5.69 Å². The predicted molar refractivity (Wildman–Crippen MR) is 132 cm³/mol. The molecule has 2 aromatic rings. The zero-order valence-electron chi connectivity index (χ0n) is 19.3. The van der Waals surface area contributed by atoms with Crippen molar-refractivity contribution < 1.29 is 22.4 Å². The second kappa shape index (κ2) is 11.8. The van der Waals surface area contributed by atoms with Gasteiger partial charge in [0.1, 0.15) is 18.4 Å². The highest BCUT2D eigenvalue weighted by Gasteiger charge is 2.33. The van der Waals surface area contributed by atoms with Crippen LogP contribution in [0.2, 0.25) is 10.0 Å². The molecule has 1 atom stereocenters. The van der Waals surface area contributed by atoms with Crippen LogP contribution in [0, 0.1) is 5.82 Å². The van der Waals surface area contributed by atoms with Crippen molar-refractivity contribution in [2.75, 3.05) is 31.5 Å². The molecule has 34 heavy (non-hydrogen) atoms. The molecule has 0 unspecified atom stereocenters. The number of nitrogens with one attached hydrogen (secondary N) is 1. The minimum Gasteiger partial charge on any atom is -0.355 e. The lowest BCUT2D eigenvalue weighted by Gasteiger charge is -2.33. The third-order valence-electron chi connectivity index (χ3n) is 5.04. The van der Waals surface area contributed by atoms with Gasteiger partial charge in [0, 0.05) is 42.8 Å². The Balaban J connectivity index is 2.50. The second-order valence-corrected chi connectivity index (χ2v) is 10.4. The molecule has 0 bridgehead atoms. The molecule has 2 amide bonds. The average Bonchev–Trinajstić information content (AvgIpc) is 2.77. The van der Waals surface area contributed by atoms with E-state index >= 15 is 0 Å². The summed E-state index contributed by atoms with van der Waals surface area (Å²) >= 11 is 12.6. The molecule has 0 fully saturated rings. The Kier molecular flexibility index (Phi) is 9.69. The quantitative estimate of drug-likeness (QED) is 0.508. The second-order valence-electron chi connectivity index (χ2n) is 7.57. The van der Waals surface area contributed by atoms with Crippen LogP contribution in [-0.4, -0.2) is 62.7 Å². The highest BCUT2D eigenvalue weighted by Crippen LogP contribution is 2.27. The molecule has 0 spiro atoms. The zero-order chi connectivity index (χ0) is 25.6. The fourth-order valence-electron chi connectivity index (χ4n) is 3.08. The van der Waals surface area contributed by atoms with E-state index in [-0.39, 0.29) is 12.2 Å². The van der Waals surface area contributed by atoms with Crippen LogP contribution in [0.3, 0.4) is 0 Å². The number of anilines is 1. The van der Waals surface area contributed by atoms with Crippen molar-refractivity contribution in [1.82, 2.24) is 14.5 Å². The Bertz CT molecular complexity index is 1110. The van der Waals surface area contributed by atoms with E-state index < -0.39 is 40.4 Å². The van der Waals surface area contributed by atoms with Gasteiger partial charge < -0.3 is 10.2 Å². The maximum atomic E-state index is 13.5. The van der Waals surface area contributed by atoms with Crippen molar-refractivity contribution in [2.45, 2.75) is 26.4 Å². The molecule has 0 aromatic heterocycles. The lowest BCUT2D eigenvalue weighted by molar-refractivity contribution is -0.139. The van der Waals surface area contributed by atoms with Crippen molar-refractivity contribution in [3.8, 4) is 0 Å². The van der Waals surface area contributed by atoms with E-state index in [0.29, 0.717) is 22.2 Å². The molecule has 1 N–H and O–H groups in total. The highest BCUT2D eigenvalue weighted by molar-refractivity contribution is 7.90. The molecule has 0 aliphatic rings. The first-order valence-corrected chi connectivity index (χ1v) is 12.5. The topological polar surface area (TPSA) is 90.0 Å². The van der Waals surface area contributed by atoms with Crippen LogP contribution in [-0.2, 0) is 26.3 Å². The number of hydrogen-bond acceptors (Lipinski definition) is 4. The predicted octanol–water partition coefficient (Wildman–Crippen LogP) is 3.30. The maximum absolute atomic E-state index is 13.5. The normalized spacial score (nSPS) is 12.4. The Morgan fingerprint density at radius 1 is 1.06 bits per heavy atom. The summed E-state index contributed by atoms with van der Waals surface area (Å²) in [6, 6.07) is 8.59. The zero-order valence-corrected chi connectivity index (χ0v) is 21.6. The summed E-state index contributed by atoms with van der Waals surface area (Å²) in [6.07, 6.45) is 0. The fraction of sp³-hybridized carbons (Fsp3) is 0.364. The summed E-state index contributed by atoms with van der Waals surface area (Å²) in [4.78, 5) is 27.3. The highest BCUT2D eigenvalue weighted by atomic mass is 35.5. The van der Waals surface area contributed by atoms with Crippen LogP contribution >= 0.6 is 23.2 Å². The Morgan fingerprint density at radius 2 is 1.62 bits per heavy atom. The molecule has 0 saturated carbocycles. The van der Waals surface area contributed by atoms with E-state index in [1.165, 1.54) is 38.1 Å². The molecule has 186 valence electrons. The molecular formula is C22H27Cl2FN4O4S. The minimum absolute atomic E-state index is 0.0878.